The van der Waals surface area contributed by atoms with Crippen LogP contribution in [0.15, 0.2) is 48.5 Å². The largest absolute Gasteiger partial charge is 0.388 e. The molecule has 0 amide bonds. The van der Waals surface area contributed by atoms with Crippen LogP contribution in [0.1, 0.15) is 45.2 Å². The van der Waals surface area contributed by atoms with Crippen LogP contribution in [-0.2, 0) is 10.2 Å². The van der Waals surface area contributed by atoms with Crippen LogP contribution in [0.4, 0.5) is 0 Å². The van der Waals surface area contributed by atoms with E-state index in [2.05, 4.69) is 81.0 Å². The first-order chi connectivity index (χ1) is 10.0. The lowest BCUT2D eigenvalue weighted by molar-refractivity contribution is 0.277. The van der Waals surface area contributed by atoms with Crippen LogP contribution in [0.25, 0.3) is 11.1 Å². The molecule has 0 aliphatic heterocycles. The number of benzene rings is 2. The predicted molar refractivity (Wildman–Crippen MR) is 92.9 cm³/mol. The molecule has 0 heterocycles. The molecule has 2 aromatic rings. The maximum atomic E-state index is 4.25. The van der Waals surface area contributed by atoms with Crippen LogP contribution in [-0.4, -0.2) is 14.2 Å². The molecule has 0 fully saturated rings. The van der Waals surface area contributed by atoms with Gasteiger partial charge in [0, 0.05) is 19.6 Å². The summed E-state index contributed by atoms with van der Waals surface area (Å²) in [6.45, 7) is 8.86. The van der Waals surface area contributed by atoms with Crippen molar-refractivity contribution >= 4 is 0 Å². The zero-order valence-corrected chi connectivity index (χ0v) is 14.2. The minimum Gasteiger partial charge on any atom is -0.388 e. The molecule has 1 nitrogen and oxygen atoms in total. The SMILES string of the molecule is CC1(C)c2ccccc2-c2ccccc21.CCC.COC. The highest BCUT2D eigenvalue weighted by atomic mass is 16.4. The van der Waals surface area contributed by atoms with Gasteiger partial charge in [-0.05, 0) is 22.3 Å². The number of hydrogen-bond acceptors (Lipinski definition) is 1. The van der Waals surface area contributed by atoms with Gasteiger partial charge in [-0.15, -0.1) is 0 Å². The first-order valence-electron chi connectivity index (χ1n) is 7.64. The minimum absolute atomic E-state index is 0.160. The Morgan fingerprint density at radius 1 is 0.762 bits per heavy atom. The fourth-order valence-electron chi connectivity index (χ4n) is 2.67. The van der Waals surface area contributed by atoms with Gasteiger partial charge in [-0.2, -0.15) is 0 Å². The van der Waals surface area contributed by atoms with E-state index in [1.807, 2.05) is 0 Å². The molecular formula is C20H28O. The van der Waals surface area contributed by atoms with Gasteiger partial charge in [0.1, 0.15) is 0 Å². The molecule has 0 N–H and O–H groups in total. The predicted octanol–water partition coefficient (Wildman–Crippen LogP) is 5.67. The summed E-state index contributed by atoms with van der Waals surface area (Å²) in [6.07, 6.45) is 1.25. The van der Waals surface area contributed by atoms with Crippen molar-refractivity contribution in [3.63, 3.8) is 0 Å². The standard InChI is InChI=1S/C15H14.C3H8.C2H6O/c1-15(2)13-9-5-3-7-11(13)12-8-4-6-10-14(12)15;2*1-3-2/h3-10H,1-2H3;3H2,1-2H3;1-2H3. The number of fused-ring (bicyclic) bond motifs is 3. The van der Waals surface area contributed by atoms with Crippen LogP contribution in [0.2, 0.25) is 0 Å². The summed E-state index contributed by atoms with van der Waals surface area (Å²) < 4.78 is 4.25. The molecule has 114 valence electrons. The lowest BCUT2D eigenvalue weighted by Gasteiger charge is -2.20. The van der Waals surface area contributed by atoms with E-state index >= 15 is 0 Å². The second kappa shape index (κ2) is 7.99. The van der Waals surface area contributed by atoms with Crippen LogP contribution in [0.3, 0.4) is 0 Å². The molecule has 0 saturated heterocycles. The minimum atomic E-state index is 0.160. The van der Waals surface area contributed by atoms with Crippen LogP contribution in [0, 0.1) is 0 Å². The Labute approximate surface area is 130 Å². The van der Waals surface area contributed by atoms with Gasteiger partial charge in [0.05, 0.1) is 0 Å². The summed E-state index contributed by atoms with van der Waals surface area (Å²) in [4.78, 5) is 0. The van der Waals surface area contributed by atoms with Gasteiger partial charge >= 0.3 is 0 Å². The van der Waals surface area contributed by atoms with Gasteiger partial charge in [-0.25, -0.2) is 0 Å². The second-order valence-electron chi connectivity index (χ2n) is 5.83. The van der Waals surface area contributed by atoms with E-state index < -0.39 is 0 Å². The van der Waals surface area contributed by atoms with Gasteiger partial charge < -0.3 is 4.74 Å². The van der Waals surface area contributed by atoms with Crippen molar-refractivity contribution in [1.29, 1.82) is 0 Å². The summed E-state index contributed by atoms with van der Waals surface area (Å²) in [6, 6.07) is 17.4. The number of rotatable bonds is 0. The number of ether oxygens (including phenoxy) is 1. The number of hydrogen-bond donors (Lipinski definition) is 0. The maximum absolute atomic E-state index is 4.25. The monoisotopic (exact) mass is 284 g/mol. The molecule has 0 unspecified atom stereocenters. The van der Waals surface area contributed by atoms with Crippen molar-refractivity contribution in [1.82, 2.24) is 0 Å². The normalized spacial score (nSPS) is 13.0. The van der Waals surface area contributed by atoms with E-state index in [0.717, 1.165) is 0 Å². The van der Waals surface area contributed by atoms with Gasteiger partial charge in [-0.3, -0.25) is 0 Å². The molecule has 1 heteroatoms. The lowest BCUT2D eigenvalue weighted by atomic mass is 9.82. The molecule has 0 spiro atoms. The third-order valence-corrected chi connectivity index (χ3v) is 3.49. The first-order valence-corrected chi connectivity index (χ1v) is 7.64. The molecule has 0 radical (unpaired) electrons. The average molecular weight is 284 g/mol. The van der Waals surface area contributed by atoms with Crippen molar-refractivity contribution in [3.8, 4) is 11.1 Å². The van der Waals surface area contributed by atoms with E-state index in [9.17, 15) is 0 Å². The number of methoxy groups -OCH3 is 1. The van der Waals surface area contributed by atoms with Crippen molar-refractivity contribution in [2.24, 2.45) is 0 Å². The smallest absolute Gasteiger partial charge is 0.0351 e. The first kappa shape index (κ1) is 17.5. The molecule has 0 bridgehead atoms. The van der Waals surface area contributed by atoms with Crippen molar-refractivity contribution < 1.29 is 4.74 Å². The Kier molecular flexibility index (Phi) is 6.64. The second-order valence-corrected chi connectivity index (χ2v) is 5.83. The van der Waals surface area contributed by atoms with Crippen molar-refractivity contribution in [2.75, 3.05) is 14.2 Å². The van der Waals surface area contributed by atoms with Crippen LogP contribution >= 0.6 is 0 Å². The van der Waals surface area contributed by atoms with Crippen molar-refractivity contribution in [3.05, 3.63) is 59.7 Å². The molecule has 21 heavy (non-hydrogen) atoms. The highest BCUT2D eigenvalue weighted by molar-refractivity contribution is 5.80. The van der Waals surface area contributed by atoms with Crippen LogP contribution < -0.4 is 0 Å². The summed E-state index contributed by atoms with van der Waals surface area (Å²) in [7, 11) is 3.25. The van der Waals surface area contributed by atoms with Crippen LogP contribution in [0.5, 0.6) is 0 Å². The van der Waals surface area contributed by atoms with Gasteiger partial charge in [0.25, 0.3) is 0 Å². The van der Waals surface area contributed by atoms with E-state index in [4.69, 9.17) is 0 Å². The Morgan fingerprint density at radius 2 is 1.05 bits per heavy atom. The summed E-state index contributed by atoms with van der Waals surface area (Å²) >= 11 is 0. The Bertz CT molecular complexity index is 506. The zero-order chi connectivity index (χ0) is 15.9. The molecule has 1 aliphatic carbocycles. The quantitative estimate of drug-likeness (QED) is 0.605. The average Bonchev–Trinajstić information content (AvgIpc) is 2.71. The van der Waals surface area contributed by atoms with E-state index in [1.165, 1.54) is 28.7 Å². The molecular weight excluding hydrogens is 256 g/mol. The highest BCUT2D eigenvalue weighted by Gasteiger charge is 2.34. The van der Waals surface area contributed by atoms with E-state index in [-0.39, 0.29) is 5.41 Å². The zero-order valence-electron chi connectivity index (χ0n) is 14.2. The Morgan fingerprint density at radius 3 is 1.38 bits per heavy atom. The molecule has 0 saturated carbocycles. The Hall–Kier alpha value is -1.60. The van der Waals surface area contributed by atoms with Gasteiger partial charge in [0.2, 0.25) is 0 Å². The lowest BCUT2D eigenvalue weighted by Crippen LogP contribution is -2.14. The molecule has 0 aromatic heterocycles. The molecule has 1 aliphatic rings. The van der Waals surface area contributed by atoms with Crippen molar-refractivity contribution in [2.45, 2.75) is 39.5 Å². The third kappa shape index (κ3) is 3.74. The summed E-state index contributed by atoms with van der Waals surface area (Å²) in [5, 5.41) is 0. The fourth-order valence-corrected chi connectivity index (χ4v) is 2.67. The maximum Gasteiger partial charge on any atom is 0.0351 e. The van der Waals surface area contributed by atoms with Gasteiger partial charge in [0.15, 0.2) is 0 Å². The van der Waals surface area contributed by atoms with E-state index in [0.29, 0.717) is 0 Å². The molecule has 2 aromatic carbocycles. The fraction of sp³-hybridized carbons (Fsp3) is 0.400. The van der Waals surface area contributed by atoms with Gasteiger partial charge in [-0.1, -0.05) is 82.6 Å². The summed E-state index contributed by atoms with van der Waals surface area (Å²) in [5.74, 6) is 0. The highest BCUT2D eigenvalue weighted by Crippen LogP contribution is 2.47. The molecule has 0 atom stereocenters. The third-order valence-electron chi connectivity index (χ3n) is 3.49. The van der Waals surface area contributed by atoms with E-state index in [1.54, 1.807) is 14.2 Å². The summed E-state index contributed by atoms with van der Waals surface area (Å²) in [5.41, 5.74) is 5.86. The Balaban J connectivity index is 0.000000321. The topological polar surface area (TPSA) is 9.23 Å². The molecule has 3 rings (SSSR count).